The highest BCUT2D eigenvalue weighted by Crippen LogP contribution is 2.32. The third kappa shape index (κ3) is 2.08. The molecule has 0 saturated heterocycles. The first-order valence-electron chi connectivity index (χ1n) is 5.40. The molecule has 0 atom stereocenters. The van der Waals surface area contributed by atoms with E-state index in [0.717, 1.165) is 11.1 Å². The molecule has 2 rings (SSSR count). The van der Waals surface area contributed by atoms with Crippen LogP contribution in [0.15, 0.2) is 24.4 Å². The summed E-state index contributed by atoms with van der Waals surface area (Å²) in [4.78, 5) is 0. The maximum atomic E-state index is 9.61. The van der Waals surface area contributed by atoms with Crippen molar-refractivity contribution >= 4 is 10.8 Å². The topological polar surface area (TPSA) is 44.3 Å². The minimum Gasteiger partial charge on any atom is -0.504 e. The van der Waals surface area contributed by atoms with Crippen LogP contribution in [-0.4, -0.2) is 10.2 Å². The fourth-order valence-corrected chi connectivity index (χ4v) is 1.50. The van der Waals surface area contributed by atoms with Crippen molar-refractivity contribution in [3.63, 3.8) is 0 Å². The van der Waals surface area contributed by atoms with Crippen molar-refractivity contribution in [1.29, 1.82) is 0 Å². The molecule has 86 valence electrons. The fraction of sp³-hybridized carbons (Fsp3) is 0.308. The van der Waals surface area contributed by atoms with E-state index in [-0.39, 0.29) is 11.5 Å². The standard InChI is InChI=1S/C11H11NO2.C2H6/c1-7-5-9-8(6-12(7)2)3-4-10(13)11(9)14;1-2/h3-6,14H,1-2H3;1-2H3/p+1. The predicted octanol–water partition coefficient (Wildman–Crippen LogP) is 2.41. The first-order chi connectivity index (χ1) is 7.59. The molecule has 0 bridgehead atoms. The molecular weight excluding hydrogens is 202 g/mol. The van der Waals surface area contributed by atoms with Crippen LogP contribution in [0.5, 0.6) is 11.5 Å². The van der Waals surface area contributed by atoms with Gasteiger partial charge >= 0.3 is 0 Å². The molecule has 1 aromatic heterocycles. The number of aryl methyl sites for hydroxylation is 2. The minimum atomic E-state index is -0.0780. The van der Waals surface area contributed by atoms with E-state index in [0.29, 0.717) is 5.39 Å². The highest BCUT2D eigenvalue weighted by Gasteiger charge is 2.10. The lowest BCUT2D eigenvalue weighted by Crippen LogP contribution is -2.30. The van der Waals surface area contributed by atoms with Gasteiger partial charge in [-0.2, -0.15) is 0 Å². The van der Waals surface area contributed by atoms with Crippen molar-refractivity contribution in [2.45, 2.75) is 20.8 Å². The molecule has 0 aliphatic heterocycles. The Kier molecular flexibility index (Phi) is 3.72. The van der Waals surface area contributed by atoms with E-state index < -0.39 is 0 Å². The van der Waals surface area contributed by atoms with Crippen molar-refractivity contribution in [2.75, 3.05) is 0 Å². The molecule has 3 heteroatoms. The van der Waals surface area contributed by atoms with E-state index in [1.807, 2.05) is 44.6 Å². The smallest absolute Gasteiger partial charge is 0.178 e. The lowest BCUT2D eigenvalue weighted by Gasteiger charge is -2.02. The second kappa shape index (κ2) is 4.84. The lowest BCUT2D eigenvalue weighted by atomic mass is 10.1. The van der Waals surface area contributed by atoms with Crippen molar-refractivity contribution in [3.8, 4) is 11.5 Å². The van der Waals surface area contributed by atoms with Gasteiger partial charge in [0.15, 0.2) is 23.4 Å². The SMILES string of the molecule is CC.Cc1cc2c(O)c(O)ccc2c[n+]1C. The number of aromatic nitrogens is 1. The fourth-order valence-electron chi connectivity index (χ4n) is 1.50. The number of fused-ring (bicyclic) bond motifs is 1. The summed E-state index contributed by atoms with van der Waals surface area (Å²) in [6.07, 6.45) is 1.92. The first kappa shape index (κ1) is 12.3. The number of nitrogens with zero attached hydrogens (tertiary/aromatic N) is 1. The zero-order valence-electron chi connectivity index (χ0n) is 10.2. The molecule has 0 unspecified atom stereocenters. The van der Waals surface area contributed by atoms with Crippen LogP contribution in [0.1, 0.15) is 19.5 Å². The molecule has 0 aliphatic rings. The van der Waals surface area contributed by atoms with Gasteiger partial charge in [-0.05, 0) is 12.1 Å². The summed E-state index contributed by atoms with van der Waals surface area (Å²) in [7, 11) is 1.94. The molecule has 3 nitrogen and oxygen atoms in total. The first-order valence-corrected chi connectivity index (χ1v) is 5.40. The number of benzene rings is 1. The summed E-state index contributed by atoms with van der Waals surface area (Å²) in [5, 5.41) is 20.5. The van der Waals surface area contributed by atoms with Gasteiger partial charge < -0.3 is 10.2 Å². The lowest BCUT2D eigenvalue weighted by molar-refractivity contribution is -0.676. The van der Waals surface area contributed by atoms with Gasteiger partial charge in [0.1, 0.15) is 7.05 Å². The Morgan fingerprint density at radius 2 is 1.75 bits per heavy atom. The van der Waals surface area contributed by atoms with E-state index in [2.05, 4.69) is 0 Å². The van der Waals surface area contributed by atoms with Crippen LogP contribution >= 0.6 is 0 Å². The second-order valence-corrected chi connectivity index (χ2v) is 3.46. The normalized spacial score (nSPS) is 9.75. The zero-order chi connectivity index (χ0) is 12.3. The number of rotatable bonds is 0. The van der Waals surface area contributed by atoms with Crippen LogP contribution in [0.2, 0.25) is 0 Å². The van der Waals surface area contributed by atoms with E-state index in [4.69, 9.17) is 0 Å². The van der Waals surface area contributed by atoms with Gasteiger partial charge in [0, 0.05) is 23.8 Å². The molecule has 1 heterocycles. The van der Waals surface area contributed by atoms with E-state index in [1.54, 1.807) is 6.07 Å². The van der Waals surface area contributed by atoms with Crippen LogP contribution in [0.4, 0.5) is 0 Å². The van der Waals surface area contributed by atoms with E-state index in [9.17, 15) is 10.2 Å². The summed E-state index contributed by atoms with van der Waals surface area (Å²) in [6, 6.07) is 5.13. The molecule has 0 radical (unpaired) electrons. The summed E-state index contributed by atoms with van der Waals surface area (Å²) >= 11 is 0. The van der Waals surface area contributed by atoms with Crippen LogP contribution in [0.3, 0.4) is 0 Å². The van der Waals surface area contributed by atoms with Gasteiger partial charge in [0.25, 0.3) is 0 Å². The van der Waals surface area contributed by atoms with Crippen LogP contribution in [0.25, 0.3) is 10.8 Å². The Balaban J connectivity index is 0.000000606. The highest BCUT2D eigenvalue weighted by molar-refractivity contribution is 5.89. The molecule has 2 aromatic rings. The van der Waals surface area contributed by atoms with Gasteiger partial charge in [-0.15, -0.1) is 0 Å². The number of phenols is 2. The summed E-state index contributed by atoms with van der Waals surface area (Å²) in [5.74, 6) is -0.128. The van der Waals surface area contributed by atoms with Crippen LogP contribution in [-0.2, 0) is 7.05 Å². The molecule has 0 aliphatic carbocycles. The average Bonchev–Trinajstić information content (AvgIpc) is 2.30. The van der Waals surface area contributed by atoms with Crippen LogP contribution in [0, 0.1) is 6.92 Å². The molecule has 0 spiro atoms. The van der Waals surface area contributed by atoms with Gasteiger partial charge in [0.05, 0.1) is 0 Å². The van der Waals surface area contributed by atoms with Gasteiger partial charge in [-0.25, -0.2) is 4.57 Å². The van der Waals surface area contributed by atoms with Crippen molar-refractivity contribution in [2.24, 2.45) is 7.05 Å². The molecular formula is C13H18NO2+. The number of phenolic OH excluding ortho intramolecular Hbond substituents is 2. The number of hydrogen-bond acceptors (Lipinski definition) is 2. The average molecular weight is 220 g/mol. The Labute approximate surface area is 95.6 Å². The van der Waals surface area contributed by atoms with Crippen molar-refractivity contribution in [3.05, 3.63) is 30.1 Å². The Hall–Kier alpha value is -1.77. The molecule has 0 amide bonds. The molecule has 2 N–H and O–H groups in total. The Morgan fingerprint density at radius 1 is 1.12 bits per heavy atom. The third-order valence-corrected chi connectivity index (χ3v) is 2.47. The maximum absolute atomic E-state index is 9.61. The summed E-state index contributed by atoms with van der Waals surface area (Å²) < 4.78 is 1.97. The van der Waals surface area contributed by atoms with E-state index in [1.165, 1.54) is 6.07 Å². The monoisotopic (exact) mass is 220 g/mol. The summed E-state index contributed by atoms with van der Waals surface area (Å²) in [5.41, 5.74) is 1.03. The van der Waals surface area contributed by atoms with Gasteiger partial charge in [-0.3, -0.25) is 0 Å². The quantitative estimate of drug-likeness (QED) is 0.529. The van der Waals surface area contributed by atoms with E-state index >= 15 is 0 Å². The van der Waals surface area contributed by atoms with Gasteiger partial charge in [-0.1, -0.05) is 13.8 Å². The van der Waals surface area contributed by atoms with Crippen molar-refractivity contribution < 1.29 is 14.8 Å². The molecule has 0 fully saturated rings. The minimum absolute atomic E-state index is 0.0498. The van der Waals surface area contributed by atoms with Gasteiger partial charge in [0.2, 0.25) is 0 Å². The predicted molar refractivity (Wildman–Crippen MR) is 64.5 cm³/mol. The molecule has 16 heavy (non-hydrogen) atoms. The third-order valence-electron chi connectivity index (χ3n) is 2.47. The largest absolute Gasteiger partial charge is 0.504 e. The number of hydrogen-bond donors (Lipinski definition) is 2. The molecule has 0 saturated carbocycles. The van der Waals surface area contributed by atoms with Crippen molar-refractivity contribution in [1.82, 2.24) is 0 Å². The highest BCUT2D eigenvalue weighted by atomic mass is 16.3. The summed E-state index contributed by atoms with van der Waals surface area (Å²) in [6.45, 7) is 5.95. The zero-order valence-corrected chi connectivity index (χ0v) is 10.2. The number of aromatic hydroxyl groups is 2. The maximum Gasteiger partial charge on any atom is 0.178 e. The number of pyridine rings is 1. The Morgan fingerprint density at radius 3 is 2.38 bits per heavy atom. The van der Waals surface area contributed by atoms with Crippen LogP contribution < -0.4 is 4.57 Å². The Bertz CT molecular complexity index is 507. The second-order valence-electron chi connectivity index (χ2n) is 3.46. The molecule has 1 aromatic carbocycles.